The minimum atomic E-state index is 0.715. The highest BCUT2D eigenvalue weighted by Gasteiger charge is 2.22. The van der Waals surface area contributed by atoms with Crippen LogP contribution >= 0.6 is 0 Å². The topological polar surface area (TPSA) is 6.48 Å². The van der Waals surface area contributed by atoms with Crippen molar-refractivity contribution in [2.24, 2.45) is 5.92 Å². The molecular formula is C13H28N2. The summed E-state index contributed by atoms with van der Waals surface area (Å²) < 4.78 is 0. The Morgan fingerprint density at radius 2 is 1.27 bits per heavy atom. The van der Waals surface area contributed by atoms with Crippen LogP contribution in [0.4, 0.5) is 0 Å². The highest BCUT2D eigenvalue weighted by Crippen LogP contribution is 2.14. The second-order valence-corrected chi connectivity index (χ2v) is 5.64. The Balaban J connectivity index is 2.30. The summed E-state index contributed by atoms with van der Waals surface area (Å²) in [5, 5.41) is 0. The Labute approximate surface area is 95.6 Å². The smallest absolute Gasteiger partial charge is 0.0113 e. The summed E-state index contributed by atoms with van der Waals surface area (Å²) in [7, 11) is 0. The number of hydrogen-bond donors (Lipinski definition) is 0. The van der Waals surface area contributed by atoms with E-state index in [4.69, 9.17) is 0 Å². The lowest BCUT2D eigenvalue weighted by molar-refractivity contribution is 0.0766. The highest BCUT2D eigenvalue weighted by atomic mass is 15.3. The van der Waals surface area contributed by atoms with Gasteiger partial charge in [-0.15, -0.1) is 0 Å². The first-order valence-electron chi connectivity index (χ1n) is 6.48. The van der Waals surface area contributed by atoms with Gasteiger partial charge in [0.2, 0.25) is 0 Å². The first-order chi connectivity index (χ1) is 7.00. The Bertz CT molecular complexity index is 169. The maximum atomic E-state index is 2.65. The summed E-state index contributed by atoms with van der Waals surface area (Å²) in [5.74, 6) is 0.822. The Kier molecular flexibility index (Phi) is 5.07. The van der Waals surface area contributed by atoms with Gasteiger partial charge in [-0.1, -0.05) is 13.8 Å². The van der Waals surface area contributed by atoms with Crippen molar-refractivity contribution < 1.29 is 0 Å². The van der Waals surface area contributed by atoms with E-state index in [2.05, 4.69) is 44.4 Å². The molecule has 0 aromatic carbocycles. The molecule has 0 aliphatic carbocycles. The molecule has 2 heteroatoms. The quantitative estimate of drug-likeness (QED) is 0.706. The molecule has 0 bridgehead atoms. The van der Waals surface area contributed by atoms with Gasteiger partial charge in [0.25, 0.3) is 0 Å². The molecule has 1 atom stereocenters. The van der Waals surface area contributed by atoms with E-state index in [1.54, 1.807) is 0 Å². The van der Waals surface area contributed by atoms with E-state index in [9.17, 15) is 0 Å². The molecular weight excluding hydrogens is 184 g/mol. The van der Waals surface area contributed by atoms with Crippen LogP contribution in [0.25, 0.3) is 0 Å². The molecule has 1 rings (SSSR count). The zero-order valence-electron chi connectivity index (χ0n) is 11.2. The lowest BCUT2D eigenvalue weighted by Gasteiger charge is -2.40. The number of rotatable bonds is 4. The van der Waals surface area contributed by atoms with Crippen molar-refractivity contribution in [1.82, 2.24) is 9.80 Å². The molecule has 1 saturated heterocycles. The summed E-state index contributed by atoms with van der Waals surface area (Å²) in [6, 6.07) is 1.48. The van der Waals surface area contributed by atoms with Crippen molar-refractivity contribution in [2.75, 3.05) is 26.2 Å². The molecule has 15 heavy (non-hydrogen) atoms. The van der Waals surface area contributed by atoms with Crippen molar-refractivity contribution in [3.8, 4) is 0 Å². The van der Waals surface area contributed by atoms with Crippen LogP contribution in [0, 0.1) is 5.92 Å². The first kappa shape index (κ1) is 13.0. The number of piperazine rings is 1. The molecule has 0 saturated carbocycles. The van der Waals surface area contributed by atoms with Crippen LogP contribution < -0.4 is 0 Å². The molecule has 0 radical (unpaired) electrons. The van der Waals surface area contributed by atoms with E-state index in [-0.39, 0.29) is 0 Å². The van der Waals surface area contributed by atoms with Crippen molar-refractivity contribution in [2.45, 2.75) is 53.1 Å². The molecule has 0 aromatic rings. The van der Waals surface area contributed by atoms with Crippen LogP contribution in [-0.2, 0) is 0 Å². The lowest BCUT2D eigenvalue weighted by Crippen LogP contribution is -2.51. The maximum absolute atomic E-state index is 2.65. The molecule has 1 fully saturated rings. The first-order valence-corrected chi connectivity index (χ1v) is 6.48. The summed E-state index contributed by atoms with van der Waals surface area (Å²) in [4.78, 5) is 5.23. The third kappa shape index (κ3) is 4.12. The molecule has 1 heterocycles. The Morgan fingerprint density at radius 3 is 1.67 bits per heavy atom. The van der Waals surface area contributed by atoms with Crippen LogP contribution in [0.1, 0.15) is 41.0 Å². The monoisotopic (exact) mass is 212 g/mol. The van der Waals surface area contributed by atoms with Crippen molar-refractivity contribution in [3.63, 3.8) is 0 Å². The van der Waals surface area contributed by atoms with Gasteiger partial charge in [-0.05, 0) is 33.1 Å². The van der Waals surface area contributed by atoms with Gasteiger partial charge in [0.1, 0.15) is 0 Å². The van der Waals surface area contributed by atoms with Crippen molar-refractivity contribution >= 4 is 0 Å². The third-order valence-electron chi connectivity index (χ3n) is 3.52. The predicted octanol–water partition coefficient (Wildman–Crippen LogP) is 2.45. The van der Waals surface area contributed by atoms with Gasteiger partial charge in [-0.2, -0.15) is 0 Å². The molecule has 0 aromatic heterocycles. The second-order valence-electron chi connectivity index (χ2n) is 5.64. The molecule has 1 aliphatic rings. The zero-order valence-corrected chi connectivity index (χ0v) is 11.2. The van der Waals surface area contributed by atoms with E-state index in [0.717, 1.165) is 12.0 Å². The second kappa shape index (κ2) is 5.86. The summed E-state index contributed by atoms with van der Waals surface area (Å²) in [6.07, 6.45) is 1.33. The molecule has 90 valence electrons. The predicted molar refractivity (Wildman–Crippen MR) is 67.2 cm³/mol. The molecule has 2 nitrogen and oxygen atoms in total. The number of nitrogens with zero attached hydrogens (tertiary/aromatic N) is 2. The average Bonchev–Trinajstić information content (AvgIpc) is 2.17. The van der Waals surface area contributed by atoms with Crippen LogP contribution in [0.3, 0.4) is 0 Å². The van der Waals surface area contributed by atoms with Gasteiger partial charge in [0.15, 0.2) is 0 Å². The van der Waals surface area contributed by atoms with E-state index < -0.39 is 0 Å². The molecule has 0 N–H and O–H groups in total. The van der Waals surface area contributed by atoms with Crippen LogP contribution in [0.15, 0.2) is 0 Å². The molecule has 1 unspecified atom stereocenters. The molecule has 0 amide bonds. The van der Waals surface area contributed by atoms with Crippen LogP contribution in [0.2, 0.25) is 0 Å². The molecule has 0 spiro atoms. The zero-order chi connectivity index (χ0) is 11.4. The summed E-state index contributed by atoms with van der Waals surface area (Å²) >= 11 is 0. The van der Waals surface area contributed by atoms with Gasteiger partial charge >= 0.3 is 0 Å². The fourth-order valence-corrected chi connectivity index (χ4v) is 2.53. The van der Waals surface area contributed by atoms with Crippen LogP contribution in [-0.4, -0.2) is 48.1 Å². The van der Waals surface area contributed by atoms with E-state index >= 15 is 0 Å². The van der Waals surface area contributed by atoms with Gasteiger partial charge < -0.3 is 0 Å². The fraction of sp³-hybridized carbons (Fsp3) is 1.00. The lowest BCUT2D eigenvalue weighted by atomic mass is 10.0. The van der Waals surface area contributed by atoms with Gasteiger partial charge in [-0.25, -0.2) is 0 Å². The van der Waals surface area contributed by atoms with Crippen molar-refractivity contribution in [3.05, 3.63) is 0 Å². The van der Waals surface area contributed by atoms with E-state index in [1.807, 2.05) is 0 Å². The molecule has 1 aliphatic heterocycles. The van der Waals surface area contributed by atoms with Gasteiger partial charge in [0.05, 0.1) is 0 Å². The largest absolute Gasteiger partial charge is 0.298 e. The Hall–Kier alpha value is -0.0800. The van der Waals surface area contributed by atoms with Gasteiger partial charge in [0, 0.05) is 38.3 Å². The standard InChI is InChI=1S/C13H28N2/c1-11(2)10-13(5)15-8-6-14(7-9-15)12(3)4/h11-13H,6-10H2,1-5H3. The minimum absolute atomic E-state index is 0.715. The van der Waals surface area contributed by atoms with E-state index in [0.29, 0.717) is 6.04 Å². The van der Waals surface area contributed by atoms with E-state index in [1.165, 1.54) is 32.6 Å². The number of hydrogen-bond acceptors (Lipinski definition) is 2. The van der Waals surface area contributed by atoms with Crippen molar-refractivity contribution in [1.29, 1.82) is 0 Å². The summed E-state index contributed by atoms with van der Waals surface area (Å²) in [5.41, 5.74) is 0. The normalized spacial score (nSPS) is 22.6. The van der Waals surface area contributed by atoms with Crippen LogP contribution in [0.5, 0.6) is 0 Å². The maximum Gasteiger partial charge on any atom is 0.0113 e. The minimum Gasteiger partial charge on any atom is -0.298 e. The third-order valence-corrected chi connectivity index (χ3v) is 3.52. The highest BCUT2D eigenvalue weighted by molar-refractivity contribution is 4.78. The SMILES string of the molecule is CC(C)CC(C)N1CCN(C(C)C)CC1. The average molecular weight is 212 g/mol. The van der Waals surface area contributed by atoms with Gasteiger partial charge in [-0.3, -0.25) is 9.80 Å². The summed E-state index contributed by atoms with van der Waals surface area (Å²) in [6.45, 7) is 16.6. The Morgan fingerprint density at radius 1 is 0.800 bits per heavy atom. The fourth-order valence-electron chi connectivity index (χ4n) is 2.53.